The molecule has 114 valence electrons. The standard InChI is InChI=1S/C14H20N4O3/c1-15-13(19)10-7-8-11(18-17-10)16-12(14(20)21)9-5-3-2-4-6-9/h7-9,12H,2-6H2,1H3,(H,15,19)(H,16,18)(H,20,21). The van der Waals surface area contributed by atoms with E-state index in [4.69, 9.17) is 0 Å². The zero-order valence-electron chi connectivity index (χ0n) is 12.0. The molecule has 1 unspecified atom stereocenters. The molecule has 1 heterocycles. The SMILES string of the molecule is CNC(=O)c1ccc(NC(C(=O)O)C2CCCCC2)nn1. The molecule has 0 aromatic carbocycles. The summed E-state index contributed by atoms with van der Waals surface area (Å²) in [5, 5.41) is 22.4. The van der Waals surface area contributed by atoms with Gasteiger partial charge in [-0.15, -0.1) is 10.2 Å². The molecule has 1 aromatic heterocycles. The molecule has 1 aromatic rings. The van der Waals surface area contributed by atoms with Crippen molar-refractivity contribution in [2.75, 3.05) is 12.4 Å². The van der Waals surface area contributed by atoms with Crippen molar-refractivity contribution in [2.45, 2.75) is 38.1 Å². The van der Waals surface area contributed by atoms with Gasteiger partial charge in [0.25, 0.3) is 5.91 Å². The van der Waals surface area contributed by atoms with Crippen molar-refractivity contribution in [3.63, 3.8) is 0 Å². The van der Waals surface area contributed by atoms with Gasteiger partial charge in [0, 0.05) is 7.05 Å². The van der Waals surface area contributed by atoms with Gasteiger partial charge >= 0.3 is 5.97 Å². The first-order valence-corrected chi connectivity index (χ1v) is 7.17. The van der Waals surface area contributed by atoms with Crippen LogP contribution in [-0.4, -0.2) is 40.3 Å². The van der Waals surface area contributed by atoms with Crippen LogP contribution in [-0.2, 0) is 4.79 Å². The van der Waals surface area contributed by atoms with E-state index < -0.39 is 12.0 Å². The normalized spacial score (nSPS) is 17.0. The predicted octanol–water partition coefficient (Wildman–Crippen LogP) is 1.28. The van der Waals surface area contributed by atoms with Gasteiger partial charge in [0.2, 0.25) is 0 Å². The van der Waals surface area contributed by atoms with Gasteiger partial charge in [0.05, 0.1) is 0 Å². The van der Waals surface area contributed by atoms with Crippen molar-refractivity contribution in [3.8, 4) is 0 Å². The molecular formula is C14H20N4O3. The Labute approximate surface area is 123 Å². The van der Waals surface area contributed by atoms with Crippen molar-refractivity contribution < 1.29 is 14.7 Å². The largest absolute Gasteiger partial charge is 0.480 e. The third-order valence-corrected chi connectivity index (χ3v) is 3.81. The fraction of sp³-hybridized carbons (Fsp3) is 0.571. The quantitative estimate of drug-likeness (QED) is 0.755. The monoisotopic (exact) mass is 292 g/mol. The summed E-state index contributed by atoms with van der Waals surface area (Å²) in [5.41, 5.74) is 0.201. The first-order chi connectivity index (χ1) is 10.1. The maximum absolute atomic E-state index is 11.4. The van der Waals surface area contributed by atoms with Crippen molar-refractivity contribution in [1.29, 1.82) is 0 Å². The lowest BCUT2D eigenvalue weighted by atomic mass is 9.84. The van der Waals surface area contributed by atoms with E-state index in [1.165, 1.54) is 19.5 Å². The van der Waals surface area contributed by atoms with Crippen molar-refractivity contribution in [3.05, 3.63) is 17.8 Å². The first-order valence-electron chi connectivity index (χ1n) is 7.17. The molecule has 0 radical (unpaired) electrons. The molecule has 1 saturated carbocycles. The third kappa shape index (κ3) is 3.90. The number of hydrogen-bond donors (Lipinski definition) is 3. The van der Waals surface area contributed by atoms with E-state index in [0.717, 1.165) is 25.7 Å². The molecule has 2 rings (SSSR count). The van der Waals surface area contributed by atoms with Crippen LogP contribution in [0.2, 0.25) is 0 Å². The third-order valence-electron chi connectivity index (χ3n) is 3.81. The van der Waals surface area contributed by atoms with Gasteiger partial charge in [-0.2, -0.15) is 0 Å². The summed E-state index contributed by atoms with van der Waals surface area (Å²) in [5.74, 6) is -0.715. The summed E-state index contributed by atoms with van der Waals surface area (Å²) in [4.78, 5) is 22.8. The molecule has 0 saturated heterocycles. The fourth-order valence-corrected chi connectivity index (χ4v) is 2.67. The van der Waals surface area contributed by atoms with Gasteiger partial charge < -0.3 is 15.7 Å². The molecule has 7 nitrogen and oxygen atoms in total. The van der Waals surface area contributed by atoms with E-state index in [2.05, 4.69) is 20.8 Å². The van der Waals surface area contributed by atoms with Crippen molar-refractivity contribution in [1.82, 2.24) is 15.5 Å². The van der Waals surface area contributed by atoms with Gasteiger partial charge in [-0.1, -0.05) is 19.3 Å². The topological polar surface area (TPSA) is 104 Å². The maximum atomic E-state index is 11.4. The number of anilines is 1. The first kappa shape index (κ1) is 15.2. The summed E-state index contributed by atoms with van der Waals surface area (Å²) in [6, 6.07) is 2.44. The minimum Gasteiger partial charge on any atom is -0.480 e. The Morgan fingerprint density at radius 3 is 2.48 bits per heavy atom. The molecule has 0 spiro atoms. The summed E-state index contributed by atoms with van der Waals surface area (Å²) in [6.45, 7) is 0. The van der Waals surface area contributed by atoms with E-state index in [1.54, 1.807) is 6.07 Å². The lowest BCUT2D eigenvalue weighted by Gasteiger charge is -2.28. The number of amides is 1. The van der Waals surface area contributed by atoms with Crippen LogP contribution < -0.4 is 10.6 Å². The number of nitrogens with zero attached hydrogens (tertiary/aromatic N) is 2. The molecule has 1 aliphatic carbocycles. The summed E-state index contributed by atoms with van der Waals surface area (Å²) < 4.78 is 0. The minimum atomic E-state index is -0.876. The lowest BCUT2D eigenvalue weighted by Crippen LogP contribution is -2.38. The molecule has 0 aliphatic heterocycles. The molecule has 1 fully saturated rings. The van der Waals surface area contributed by atoms with E-state index >= 15 is 0 Å². The van der Waals surface area contributed by atoms with Crippen LogP contribution >= 0.6 is 0 Å². The van der Waals surface area contributed by atoms with E-state index in [1.807, 2.05) is 0 Å². The smallest absolute Gasteiger partial charge is 0.326 e. The maximum Gasteiger partial charge on any atom is 0.326 e. The number of hydrogen-bond acceptors (Lipinski definition) is 5. The van der Waals surface area contributed by atoms with Crippen molar-refractivity contribution in [2.24, 2.45) is 5.92 Å². The second kappa shape index (κ2) is 7.01. The van der Waals surface area contributed by atoms with E-state index in [0.29, 0.717) is 5.82 Å². The minimum absolute atomic E-state index is 0.108. The highest BCUT2D eigenvalue weighted by Gasteiger charge is 2.29. The van der Waals surface area contributed by atoms with Crippen LogP contribution in [0.4, 0.5) is 5.82 Å². The Morgan fingerprint density at radius 1 is 1.24 bits per heavy atom. The van der Waals surface area contributed by atoms with Gasteiger partial charge in [0.1, 0.15) is 11.9 Å². The molecule has 3 N–H and O–H groups in total. The van der Waals surface area contributed by atoms with Gasteiger partial charge in [-0.25, -0.2) is 4.79 Å². The highest BCUT2D eigenvalue weighted by Crippen LogP contribution is 2.28. The highest BCUT2D eigenvalue weighted by atomic mass is 16.4. The molecular weight excluding hydrogens is 272 g/mol. The average molecular weight is 292 g/mol. The molecule has 1 aliphatic rings. The Bertz CT molecular complexity index is 497. The number of carboxylic acid groups (broad SMARTS) is 1. The Hall–Kier alpha value is -2.18. The highest BCUT2D eigenvalue weighted by molar-refractivity contribution is 5.91. The lowest BCUT2D eigenvalue weighted by molar-refractivity contribution is -0.139. The second-order valence-electron chi connectivity index (χ2n) is 5.24. The van der Waals surface area contributed by atoms with E-state index in [-0.39, 0.29) is 17.5 Å². The number of nitrogens with one attached hydrogen (secondary N) is 2. The fourth-order valence-electron chi connectivity index (χ4n) is 2.67. The zero-order valence-corrected chi connectivity index (χ0v) is 12.0. The van der Waals surface area contributed by atoms with Crippen molar-refractivity contribution >= 4 is 17.7 Å². The Morgan fingerprint density at radius 2 is 1.95 bits per heavy atom. The van der Waals surface area contributed by atoms with Gasteiger partial charge in [-0.3, -0.25) is 4.79 Å². The molecule has 7 heteroatoms. The van der Waals surface area contributed by atoms with Crippen LogP contribution in [0.5, 0.6) is 0 Å². The van der Waals surface area contributed by atoms with E-state index in [9.17, 15) is 14.7 Å². The average Bonchev–Trinajstić information content (AvgIpc) is 2.53. The summed E-state index contributed by atoms with van der Waals surface area (Å²) >= 11 is 0. The summed E-state index contributed by atoms with van der Waals surface area (Å²) in [6.07, 6.45) is 5.12. The van der Waals surface area contributed by atoms with Crippen LogP contribution in [0.1, 0.15) is 42.6 Å². The molecule has 0 bridgehead atoms. The zero-order chi connectivity index (χ0) is 15.2. The Kier molecular flexibility index (Phi) is 5.08. The van der Waals surface area contributed by atoms with Gasteiger partial charge in [0.15, 0.2) is 5.69 Å². The van der Waals surface area contributed by atoms with Crippen LogP contribution in [0.15, 0.2) is 12.1 Å². The number of carbonyl (C=O) groups excluding carboxylic acids is 1. The van der Waals surface area contributed by atoms with Crippen LogP contribution in [0, 0.1) is 5.92 Å². The number of carboxylic acids is 1. The second-order valence-corrected chi connectivity index (χ2v) is 5.24. The molecule has 21 heavy (non-hydrogen) atoms. The molecule has 1 amide bonds. The molecule has 1 atom stereocenters. The number of carbonyl (C=O) groups is 2. The Balaban J connectivity index is 2.06. The van der Waals surface area contributed by atoms with Crippen LogP contribution in [0.25, 0.3) is 0 Å². The van der Waals surface area contributed by atoms with Gasteiger partial charge in [-0.05, 0) is 30.9 Å². The number of aliphatic carboxylic acids is 1. The predicted molar refractivity (Wildman–Crippen MR) is 77.0 cm³/mol. The summed E-state index contributed by atoms with van der Waals surface area (Å²) in [7, 11) is 1.51. The number of rotatable bonds is 5. The van der Waals surface area contributed by atoms with Crippen LogP contribution in [0.3, 0.4) is 0 Å². The number of aromatic nitrogens is 2.